The molecule has 33 heavy (non-hydrogen) atoms. The Morgan fingerprint density at radius 1 is 1.27 bits per heavy atom. The Kier molecular flexibility index (Phi) is 8.88. The molecule has 0 aliphatic heterocycles. The molecule has 0 aromatic carbocycles. The van der Waals surface area contributed by atoms with Crippen LogP contribution in [0.25, 0.3) is 0 Å². The van der Waals surface area contributed by atoms with Crippen LogP contribution < -0.4 is 5.56 Å². The standard InChI is InChI=1S/C23H37N3O7/c1-7-8-13-32-14-15-9-11-23(12-10-15,26(5)21(30)33-22(2,3)4)20-24-16(19(29)31-6)17(27)18(28)25-20/h15,27H,7-14H2,1-6H3,(H,24,25,28). The van der Waals surface area contributed by atoms with Gasteiger partial charge in [-0.15, -0.1) is 0 Å². The van der Waals surface area contributed by atoms with E-state index in [4.69, 9.17) is 9.47 Å². The van der Waals surface area contributed by atoms with Crippen LogP contribution in [0.2, 0.25) is 0 Å². The number of esters is 1. The molecule has 0 atom stereocenters. The minimum absolute atomic E-state index is 0.115. The smallest absolute Gasteiger partial charge is 0.410 e. The van der Waals surface area contributed by atoms with Gasteiger partial charge in [-0.05, 0) is 58.8 Å². The van der Waals surface area contributed by atoms with Crippen molar-refractivity contribution in [1.29, 1.82) is 0 Å². The fraction of sp³-hybridized carbons (Fsp3) is 0.739. The van der Waals surface area contributed by atoms with Gasteiger partial charge in [-0.3, -0.25) is 9.69 Å². The van der Waals surface area contributed by atoms with Gasteiger partial charge in [-0.1, -0.05) is 13.3 Å². The molecule has 2 rings (SSSR count). The van der Waals surface area contributed by atoms with Crippen molar-refractivity contribution in [3.05, 3.63) is 21.9 Å². The van der Waals surface area contributed by atoms with E-state index in [0.29, 0.717) is 32.0 Å². The Morgan fingerprint density at radius 2 is 1.91 bits per heavy atom. The van der Waals surface area contributed by atoms with Gasteiger partial charge in [0.15, 0.2) is 5.69 Å². The molecular weight excluding hydrogens is 430 g/mol. The lowest BCUT2D eigenvalue weighted by Crippen LogP contribution is -2.52. The van der Waals surface area contributed by atoms with Crippen LogP contribution in [0.5, 0.6) is 5.75 Å². The van der Waals surface area contributed by atoms with Gasteiger partial charge in [0.25, 0.3) is 5.56 Å². The normalized spacial score (nSPS) is 20.8. The first-order valence-electron chi connectivity index (χ1n) is 11.4. The quantitative estimate of drug-likeness (QED) is 0.440. The zero-order valence-electron chi connectivity index (χ0n) is 20.5. The number of amides is 1. The summed E-state index contributed by atoms with van der Waals surface area (Å²) in [7, 11) is 2.73. The molecule has 1 aliphatic carbocycles. The Hall–Kier alpha value is -2.62. The third kappa shape index (κ3) is 6.46. The number of hydrogen-bond acceptors (Lipinski definition) is 8. The highest BCUT2D eigenvalue weighted by Crippen LogP contribution is 2.43. The van der Waals surface area contributed by atoms with Gasteiger partial charge in [-0.2, -0.15) is 0 Å². The van der Waals surface area contributed by atoms with Crippen LogP contribution in [0.3, 0.4) is 0 Å². The number of carbonyl (C=O) groups is 2. The van der Waals surface area contributed by atoms with E-state index in [9.17, 15) is 19.5 Å². The molecule has 1 fully saturated rings. The molecular formula is C23H37N3O7. The summed E-state index contributed by atoms with van der Waals surface area (Å²) in [6.45, 7) is 8.76. The number of carbonyl (C=O) groups excluding carboxylic acids is 2. The minimum Gasteiger partial charge on any atom is -0.501 e. The Morgan fingerprint density at radius 3 is 2.45 bits per heavy atom. The maximum atomic E-state index is 13.0. The summed E-state index contributed by atoms with van der Waals surface area (Å²) in [6.07, 6.45) is 3.88. The van der Waals surface area contributed by atoms with Crippen LogP contribution in [0, 0.1) is 5.92 Å². The number of methoxy groups -OCH3 is 1. The first-order valence-corrected chi connectivity index (χ1v) is 11.4. The first-order chi connectivity index (χ1) is 15.4. The van der Waals surface area contributed by atoms with Crippen LogP contribution in [0.4, 0.5) is 4.79 Å². The van der Waals surface area contributed by atoms with Crippen LogP contribution in [-0.4, -0.2) is 65.0 Å². The average Bonchev–Trinajstić information content (AvgIpc) is 2.76. The highest BCUT2D eigenvalue weighted by Gasteiger charge is 2.46. The predicted octanol–water partition coefficient (Wildman–Crippen LogP) is 3.33. The molecule has 1 aliphatic rings. The molecule has 1 aromatic heterocycles. The van der Waals surface area contributed by atoms with E-state index >= 15 is 0 Å². The van der Waals surface area contributed by atoms with Gasteiger partial charge in [0, 0.05) is 20.3 Å². The summed E-state index contributed by atoms with van der Waals surface area (Å²) in [4.78, 5) is 45.8. The van der Waals surface area contributed by atoms with Crippen molar-refractivity contribution >= 4 is 12.1 Å². The first kappa shape index (κ1) is 26.6. The van der Waals surface area contributed by atoms with Crippen molar-refractivity contribution in [2.24, 2.45) is 5.92 Å². The maximum Gasteiger partial charge on any atom is 0.410 e. The number of aromatic nitrogens is 2. The number of rotatable bonds is 8. The van der Waals surface area contributed by atoms with E-state index in [1.807, 2.05) is 0 Å². The van der Waals surface area contributed by atoms with Gasteiger partial charge >= 0.3 is 12.1 Å². The summed E-state index contributed by atoms with van der Waals surface area (Å²) >= 11 is 0. The number of nitrogens with zero attached hydrogens (tertiary/aromatic N) is 2. The van der Waals surface area contributed by atoms with E-state index in [1.54, 1.807) is 27.8 Å². The minimum atomic E-state index is -1.03. The number of H-pyrrole nitrogens is 1. The number of aromatic hydroxyl groups is 1. The fourth-order valence-corrected chi connectivity index (χ4v) is 3.98. The fourth-order valence-electron chi connectivity index (χ4n) is 3.98. The third-order valence-corrected chi connectivity index (χ3v) is 5.95. The van der Waals surface area contributed by atoms with Crippen molar-refractivity contribution in [2.75, 3.05) is 27.4 Å². The van der Waals surface area contributed by atoms with Crippen LogP contribution in [0.15, 0.2) is 4.79 Å². The molecule has 1 aromatic rings. The van der Waals surface area contributed by atoms with Crippen LogP contribution in [0.1, 0.15) is 82.5 Å². The lowest BCUT2D eigenvalue weighted by molar-refractivity contribution is -0.0188. The summed E-state index contributed by atoms with van der Waals surface area (Å²) in [5, 5.41) is 10.1. The van der Waals surface area contributed by atoms with E-state index in [2.05, 4.69) is 21.6 Å². The Balaban J connectivity index is 2.41. The van der Waals surface area contributed by atoms with E-state index in [-0.39, 0.29) is 5.82 Å². The topological polar surface area (TPSA) is 131 Å². The zero-order chi connectivity index (χ0) is 24.8. The van der Waals surface area contributed by atoms with Crippen LogP contribution >= 0.6 is 0 Å². The number of hydrogen-bond donors (Lipinski definition) is 2. The summed E-state index contributed by atoms with van der Waals surface area (Å²) in [6, 6.07) is 0. The summed E-state index contributed by atoms with van der Waals surface area (Å²) in [5.74, 6) is -1.35. The van der Waals surface area contributed by atoms with Crippen LogP contribution in [-0.2, 0) is 19.7 Å². The highest BCUT2D eigenvalue weighted by atomic mass is 16.6. The second-order valence-electron chi connectivity index (χ2n) is 9.55. The number of ether oxygens (including phenoxy) is 3. The van der Waals surface area contributed by atoms with Crippen molar-refractivity contribution in [3.8, 4) is 5.75 Å². The molecule has 186 valence electrons. The van der Waals surface area contributed by atoms with E-state index in [1.165, 1.54) is 4.90 Å². The molecule has 1 saturated carbocycles. The molecule has 0 radical (unpaired) electrons. The molecule has 0 bridgehead atoms. The van der Waals surface area contributed by atoms with Gasteiger partial charge in [0.1, 0.15) is 17.0 Å². The van der Waals surface area contributed by atoms with Gasteiger partial charge < -0.3 is 24.3 Å². The SMILES string of the molecule is CCCCOCC1CCC(c2nc(C(=O)OC)c(O)c(=O)[nH]2)(N(C)C(=O)OC(C)(C)C)CC1. The lowest BCUT2D eigenvalue weighted by Gasteiger charge is -2.45. The second kappa shape index (κ2) is 11.0. The summed E-state index contributed by atoms with van der Waals surface area (Å²) in [5.41, 5.74) is -3.11. The molecule has 2 N–H and O–H groups in total. The Labute approximate surface area is 194 Å². The van der Waals surface area contributed by atoms with Crippen molar-refractivity contribution < 1.29 is 28.9 Å². The molecule has 1 amide bonds. The van der Waals surface area contributed by atoms with E-state index in [0.717, 1.165) is 32.8 Å². The third-order valence-electron chi connectivity index (χ3n) is 5.95. The molecule has 0 saturated heterocycles. The largest absolute Gasteiger partial charge is 0.501 e. The molecule has 10 nitrogen and oxygen atoms in total. The number of unbranched alkanes of at least 4 members (excludes halogenated alkanes) is 1. The molecule has 0 unspecified atom stereocenters. The number of nitrogens with one attached hydrogen (secondary N) is 1. The summed E-state index contributed by atoms with van der Waals surface area (Å²) < 4.78 is 16.0. The van der Waals surface area contributed by atoms with E-state index < -0.39 is 40.2 Å². The van der Waals surface area contributed by atoms with Gasteiger partial charge in [0.05, 0.1) is 7.11 Å². The average molecular weight is 468 g/mol. The molecule has 0 spiro atoms. The lowest BCUT2D eigenvalue weighted by atomic mass is 9.75. The second-order valence-corrected chi connectivity index (χ2v) is 9.55. The monoisotopic (exact) mass is 467 g/mol. The Bertz CT molecular complexity index is 883. The maximum absolute atomic E-state index is 13.0. The van der Waals surface area contributed by atoms with Crippen molar-refractivity contribution in [1.82, 2.24) is 14.9 Å². The van der Waals surface area contributed by atoms with Gasteiger partial charge in [-0.25, -0.2) is 14.6 Å². The predicted molar refractivity (Wildman–Crippen MR) is 121 cm³/mol. The zero-order valence-corrected chi connectivity index (χ0v) is 20.5. The molecule has 10 heteroatoms. The van der Waals surface area contributed by atoms with Gasteiger partial charge in [0.2, 0.25) is 5.75 Å². The molecule has 1 heterocycles. The highest BCUT2D eigenvalue weighted by molar-refractivity contribution is 5.89. The van der Waals surface area contributed by atoms with Crippen molar-refractivity contribution in [3.63, 3.8) is 0 Å². The van der Waals surface area contributed by atoms with Crippen molar-refractivity contribution in [2.45, 2.75) is 77.4 Å². The number of aromatic amines is 1.